The topological polar surface area (TPSA) is 78.0 Å². The number of carbonyl (C=O) groups is 1. The zero-order chi connectivity index (χ0) is 15.5. The third kappa shape index (κ3) is 3.04. The summed E-state index contributed by atoms with van der Waals surface area (Å²) in [6, 6.07) is 9.36. The number of aromatic amines is 1. The van der Waals surface area contributed by atoms with Crippen LogP contribution in [0.5, 0.6) is 0 Å². The maximum Gasteiger partial charge on any atom is 0.272 e. The van der Waals surface area contributed by atoms with Crippen LogP contribution in [-0.2, 0) is 12.8 Å². The van der Waals surface area contributed by atoms with E-state index >= 15 is 0 Å². The van der Waals surface area contributed by atoms with Gasteiger partial charge in [0.25, 0.3) is 5.91 Å². The Kier molecular flexibility index (Phi) is 4.24. The number of fused-ring (bicyclic) bond motifs is 1. The zero-order valence-corrected chi connectivity index (χ0v) is 12.7. The molecule has 5 nitrogen and oxygen atoms in total. The van der Waals surface area contributed by atoms with Crippen LogP contribution in [0.2, 0.25) is 0 Å². The van der Waals surface area contributed by atoms with Gasteiger partial charge in [0.15, 0.2) is 5.69 Å². The van der Waals surface area contributed by atoms with Crippen LogP contribution >= 0.6 is 0 Å². The summed E-state index contributed by atoms with van der Waals surface area (Å²) in [6.45, 7) is 1.90. The average molecular weight is 299 g/mol. The van der Waals surface area contributed by atoms with E-state index in [1.54, 1.807) is 0 Å². The molecule has 1 amide bonds. The molecule has 0 fully saturated rings. The maximum atomic E-state index is 12.3. The summed E-state index contributed by atoms with van der Waals surface area (Å²) in [5.41, 5.74) is 3.51. The number of hydrogen-bond donors (Lipinski definition) is 3. The molecule has 5 heteroatoms. The Bertz CT molecular complexity index is 651. The molecule has 3 N–H and O–H groups in total. The minimum Gasteiger partial charge on any atom is -0.388 e. The van der Waals surface area contributed by atoms with E-state index in [1.807, 2.05) is 37.3 Å². The molecule has 1 aromatic heterocycles. The molecule has 0 radical (unpaired) electrons. The van der Waals surface area contributed by atoms with Crippen molar-refractivity contribution in [3.63, 3.8) is 0 Å². The fourth-order valence-electron chi connectivity index (χ4n) is 3.00. The molecule has 22 heavy (non-hydrogen) atoms. The summed E-state index contributed by atoms with van der Waals surface area (Å²) < 4.78 is 0. The van der Waals surface area contributed by atoms with Crippen molar-refractivity contribution in [2.75, 3.05) is 0 Å². The summed E-state index contributed by atoms with van der Waals surface area (Å²) in [5.74, 6) is -0.160. The quantitative estimate of drug-likeness (QED) is 0.791. The number of aliphatic hydroxyl groups excluding tert-OH is 1. The van der Waals surface area contributed by atoms with E-state index in [0.29, 0.717) is 12.1 Å². The van der Waals surface area contributed by atoms with Crippen LogP contribution in [0.4, 0.5) is 0 Å². The SMILES string of the molecule is CC(CC(O)c1ccccc1)NC(=O)c1n[nH]c2c1CCC2. The first-order valence-corrected chi connectivity index (χ1v) is 7.75. The lowest BCUT2D eigenvalue weighted by atomic mass is 10.0. The van der Waals surface area contributed by atoms with Gasteiger partial charge in [-0.3, -0.25) is 9.89 Å². The highest BCUT2D eigenvalue weighted by Crippen LogP contribution is 2.23. The van der Waals surface area contributed by atoms with Crippen LogP contribution in [0.1, 0.15) is 53.2 Å². The lowest BCUT2D eigenvalue weighted by molar-refractivity contribution is 0.0911. The summed E-state index contributed by atoms with van der Waals surface area (Å²) in [4.78, 5) is 12.3. The fourth-order valence-corrected chi connectivity index (χ4v) is 3.00. The molecule has 0 bridgehead atoms. The number of nitrogens with zero attached hydrogens (tertiary/aromatic N) is 1. The standard InChI is InChI=1S/C17H21N3O2/c1-11(10-15(21)12-6-3-2-4-7-12)18-17(22)16-13-8-5-9-14(13)19-20-16/h2-4,6-7,11,15,21H,5,8-10H2,1H3,(H,18,22)(H,19,20). The number of rotatable bonds is 5. The van der Waals surface area contributed by atoms with E-state index in [2.05, 4.69) is 15.5 Å². The number of benzene rings is 1. The number of aliphatic hydroxyl groups is 1. The van der Waals surface area contributed by atoms with E-state index in [9.17, 15) is 9.90 Å². The molecule has 0 spiro atoms. The molecule has 0 aliphatic heterocycles. The van der Waals surface area contributed by atoms with Gasteiger partial charge in [-0.1, -0.05) is 30.3 Å². The van der Waals surface area contributed by atoms with Gasteiger partial charge < -0.3 is 10.4 Å². The largest absolute Gasteiger partial charge is 0.388 e. The molecule has 1 heterocycles. The summed E-state index contributed by atoms with van der Waals surface area (Å²) in [6.07, 6.45) is 2.85. The number of carbonyl (C=O) groups excluding carboxylic acids is 1. The highest BCUT2D eigenvalue weighted by Gasteiger charge is 2.24. The summed E-state index contributed by atoms with van der Waals surface area (Å²) in [7, 11) is 0. The second-order valence-electron chi connectivity index (χ2n) is 5.92. The number of hydrogen-bond acceptors (Lipinski definition) is 3. The van der Waals surface area contributed by atoms with Crippen molar-refractivity contribution in [3.8, 4) is 0 Å². The van der Waals surface area contributed by atoms with Gasteiger partial charge in [0.2, 0.25) is 0 Å². The van der Waals surface area contributed by atoms with Gasteiger partial charge in [-0.15, -0.1) is 0 Å². The maximum absolute atomic E-state index is 12.3. The Labute approximate surface area is 129 Å². The summed E-state index contributed by atoms with van der Waals surface area (Å²) >= 11 is 0. The van der Waals surface area contributed by atoms with Crippen molar-refractivity contribution in [2.24, 2.45) is 0 Å². The number of amides is 1. The Balaban J connectivity index is 1.59. The predicted molar refractivity (Wildman–Crippen MR) is 83.6 cm³/mol. The fraction of sp³-hybridized carbons (Fsp3) is 0.412. The van der Waals surface area contributed by atoms with Gasteiger partial charge in [0, 0.05) is 17.3 Å². The Morgan fingerprint density at radius 1 is 1.36 bits per heavy atom. The molecular weight excluding hydrogens is 278 g/mol. The van der Waals surface area contributed by atoms with Gasteiger partial charge in [-0.25, -0.2) is 0 Å². The van der Waals surface area contributed by atoms with Gasteiger partial charge in [-0.2, -0.15) is 5.10 Å². The van der Waals surface area contributed by atoms with Crippen molar-refractivity contribution in [2.45, 2.75) is 44.8 Å². The lowest BCUT2D eigenvalue weighted by Crippen LogP contribution is -2.34. The monoisotopic (exact) mass is 299 g/mol. The Morgan fingerprint density at radius 2 is 2.14 bits per heavy atom. The third-order valence-electron chi connectivity index (χ3n) is 4.16. The number of nitrogens with one attached hydrogen (secondary N) is 2. The predicted octanol–water partition coefficient (Wildman–Crippen LogP) is 2.14. The average Bonchev–Trinajstić information content (AvgIpc) is 3.10. The van der Waals surface area contributed by atoms with Gasteiger partial charge in [0.1, 0.15) is 0 Å². The molecule has 1 aliphatic rings. The highest BCUT2D eigenvalue weighted by atomic mass is 16.3. The van der Waals surface area contributed by atoms with E-state index in [-0.39, 0.29) is 11.9 Å². The second-order valence-corrected chi connectivity index (χ2v) is 5.92. The molecule has 1 aromatic carbocycles. The molecule has 1 aliphatic carbocycles. The van der Waals surface area contributed by atoms with Crippen LogP contribution in [0.3, 0.4) is 0 Å². The van der Waals surface area contributed by atoms with Crippen LogP contribution in [0.25, 0.3) is 0 Å². The van der Waals surface area contributed by atoms with Gasteiger partial charge >= 0.3 is 0 Å². The first kappa shape index (κ1) is 14.8. The first-order chi connectivity index (χ1) is 10.6. The zero-order valence-electron chi connectivity index (χ0n) is 12.7. The van der Waals surface area contributed by atoms with Crippen LogP contribution < -0.4 is 5.32 Å². The van der Waals surface area contributed by atoms with Crippen molar-refractivity contribution < 1.29 is 9.90 Å². The lowest BCUT2D eigenvalue weighted by Gasteiger charge is -2.18. The van der Waals surface area contributed by atoms with Crippen molar-refractivity contribution in [3.05, 3.63) is 52.8 Å². The van der Waals surface area contributed by atoms with Gasteiger partial charge in [-0.05, 0) is 38.2 Å². The number of aromatic nitrogens is 2. The minimum absolute atomic E-state index is 0.128. The molecule has 2 atom stereocenters. The molecule has 3 rings (SSSR count). The Hall–Kier alpha value is -2.14. The molecule has 2 unspecified atom stereocenters. The van der Waals surface area contributed by atoms with Crippen molar-refractivity contribution in [1.29, 1.82) is 0 Å². The van der Waals surface area contributed by atoms with E-state index in [4.69, 9.17) is 0 Å². The van der Waals surface area contributed by atoms with Crippen LogP contribution in [-0.4, -0.2) is 27.3 Å². The van der Waals surface area contributed by atoms with Crippen LogP contribution in [0, 0.1) is 0 Å². The number of H-pyrrole nitrogens is 1. The van der Waals surface area contributed by atoms with E-state index in [1.165, 1.54) is 0 Å². The molecular formula is C17H21N3O2. The first-order valence-electron chi connectivity index (χ1n) is 7.75. The van der Waals surface area contributed by atoms with Crippen molar-refractivity contribution in [1.82, 2.24) is 15.5 Å². The summed E-state index contributed by atoms with van der Waals surface area (Å²) in [5, 5.41) is 20.2. The van der Waals surface area contributed by atoms with E-state index < -0.39 is 6.10 Å². The molecule has 116 valence electrons. The molecule has 0 saturated carbocycles. The van der Waals surface area contributed by atoms with Gasteiger partial charge in [0.05, 0.1) is 6.10 Å². The molecule has 0 saturated heterocycles. The molecule has 2 aromatic rings. The number of aryl methyl sites for hydroxylation is 1. The van der Waals surface area contributed by atoms with E-state index in [0.717, 1.165) is 36.1 Å². The second kappa shape index (κ2) is 6.32. The van der Waals surface area contributed by atoms with Crippen LogP contribution in [0.15, 0.2) is 30.3 Å². The normalized spacial score (nSPS) is 16.1. The minimum atomic E-state index is -0.582. The Morgan fingerprint density at radius 3 is 2.91 bits per heavy atom. The third-order valence-corrected chi connectivity index (χ3v) is 4.16. The van der Waals surface area contributed by atoms with Crippen molar-refractivity contribution >= 4 is 5.91 Å². The highest BCUT2D eigenvalue weighted by molar-refractivity contribution is 5.94. The smallest absolute Gasteiger partial charge is 0.272 e.